The van der Waals surface area contributed by atoms with Crippen LogP contribution in [0.3, 0.4) is 0 Å². The van der Waals surface area contributed by atoms with E-state index in [0.717, 1.165) is 17.5 Å². The number of methoxy groups -OCH3 is 3. The quantitative estimate of drug-likeness (QED) is 0.583. The highest BCUT2D eigenvalue weighted by atomic mass is 19.1. The Hall–Kier alpha value is -1.91. The Kier molecular flexibility index (Phi) is 7.01. The van der Waals surface area contributed by atoms with E-state index in [2.05, 4.69) is 26.0 Å². The van der Waals surface area contributed by atoms with Crippen LogP contribution in [-0.2, 0) is 15.9 Å². The Morgan fingerprint density at radius 1 is 0.963 bits per heavy atom. The second kappa shape index (κ2) is 8.85. The molecule has 2 aromatic rings. The maximum absolute atomic E-state index is 14.7. The van der Waals surface area contributed by atoms with Crippen molar-refractivity contribution in [3.63, 3.8) is 0 Å². The van der Waals surface area contributed by atoms with Crippen LogP contribution >= 0.6 is 0 Å². The molecule has 0 heterocycles. The fourth-order valence-electron chi connectivity index (χ4n) is 3.40. The molecule has 4 heteroatoms. The van der Waals surface area contributed by atoms with E-state index >= 15 is 0 Å². The van der Waals surface area contributed by atoms with Crippen LogP contribution in [0.4, 0.5) is 4.39 Å². The zero-order chi connectivity index (χ0) is 20.2. The van der Waals surface area contributed by atoms with Gasteiger partial charge in [0.25, 0.3) is 0 Å². The van der Waals surface area contributed by atoms with Gasteiger partial charge >= 0.3 is 0 Å². The van der Waals surface area contributed by atoms with Crippen LogP contribution < -0.4 is 4.74 Å². The number of rotatable bonds is 8. The smallest absolute Gasteiger partial charge is 0.131 e. The molecule has 0 aliphatic heterocycles. The Morgan fingerprint density at radius 2 is 1.67 bits per heavy atom. The van der Waals surface area contributed by atoms with Gasteiger partial charge in [-0.15, -0.1) is 0 Å². The number of benzene rings is 2. The van der Waals surface area contributed by atoms with E-state index in [9.17, 15) is 4.39 Å². The summed E-state index contributed by atoms with van der Waals surface area (Å²) >= 11 is 0. The molecule has 0 aliphatic carbocycles. The average Bonchev–Trinajstić information content (AvgIpc) is 2.62. The number of halogens is 1. The summed E-state index contributed by atoms with van der Waals surface area (Å²) in [7, 11) is 4.90. The molecule has 0 aliphatic rings. The van der Waals surface area contributed by atoms with E-state index in [-0.39, 0.29) is 11.9 Å². The summed E-state index contributed by atoms with van der Waals surface area (Å²) in [6.07, 6.45) is 0.591. The van der Waals surface area contributed by atoms with Gasteiger partial charge in [0.15, 0.2) is 0 Å². The van der Waals surface area contributed by atoms with Gasteiger partial charge in [-0.25, -0.2) is 4.39 Å². The van der Waals surface area contributed by atoms with Crippen molar-refractivity contribution >= 4 is 0 Å². The van der Waals surface area contributed by atoms with Crippen molar-refractivity contribution in [2.75, 3.05) is 21.3 Å². The third-order valence-electron chi connectivity index (χ3n) is 4.90. The number of hydrogen-bond donors (Lipinski definition) is 0. The Morgan fingerprint density at radius 3 is 2.22 bits per heavy atom. The number of ether oxygens (including phenoxy) is 3. The van der Waals surface area contributed by atoms with E-state index in [1.54, 1.807) is 33.5 Å². The summed E-state index contributed by atoms with van der Waals surface area (Å²) < 4.78 is 31.5. The molecular formula is C23H31FO3. The first kappa shape index (κ1) is 21.4. The monoisotopic (exact) mass is 374 g/mol. The van der Waals surface area contributed by atoms with E-state index < -0.39 is 5.60 Å². The van der Waals surface area contributed by atoms with Gasteiger partial charge in [0.1, 0.15) is 17.7 Å². The van der Waals surface area contributed by atoms with Crippen LogP contribution in [0.2, 0.25) is 0 Å². The Labute approximate surface area is 162 Å². The average molecular weight is 374 g/mol. The highest BCUT2D eigenvalue weighted by Crippen LogP contribution is 2.40. The maximum atomic E-state index is 14.7. The summed E-state index contributed by atoms with van der Waals surface area (Å²) in [6.45, 7) is 8.31. The Bertz CT molecular complexity index is 768. The summed E-state index contributed by atoms with van der Waals surface area (Å²) in [4.78, 5) is 0. The van der Waals surface area contributed by atoms with Crippen LogP contribution in [0, 0.1) is 11.7 Å². The fraction of sp³-hybridized carbons (Fsp3) is 0.478. The van der Waals surface area contributed by atoms with Crippen molar-refractivity contribution < 1.29 is 18.6 Å². The highest BCUT2D eigenvalue weighted by Gasteiger charge is 2.33. The van der Waals surface area contributed by atoms with Gasteiger partial charge in [-0.05, 0) is 61.1 Å². The minimum atomic E-state index is -0.574. The standard InChI is InChI=1S/C23H31FO3/c1-15(2)12-16-8-10-18(19-14-17(25-5)9-11-21(19)24)20(13-16)22(26-6)23(3,4)27-7/h8-11,13-15,22H,12H2,1-7H3/t22-/m0/s1. The molecule has 27 heavy (non-hydrogen) atoms. The van der Waals surface area contributed by atoms with Crippen molar-refractivity contribution in [1.82, 2.24) is 0 Å². The van der Waals surface area contributed by atoms with E-state index in [1.165, 1.54) is 11.6 Å². The first-order valence-corrected chi connectivity index (χ1v) is 9.28. The summed E-state index contributed by atoms with van der Waals surface area (Å²) in [5.74, 6) is 0.844. The van der Waals surface area contributed by atoms with Gasteiger partial charge in [0, 0.05) is 19.8 Å². The van der Waals surface area contributed by atoms with E-state index in [0.29, 0.717) is 17.2 Å². The topological polar surface area (TPSA) is 27.7 Å². The SMILES string of the molecule is COc1ccc(F)c(-c2ccc(CC(C)C)cc2[C@H](OC)C(C)(C)OC)c1. The lowest BCUT2D eigenvalue weighted by Gasteiger charge is -2.34. The molecule has 0 bridgehead atoms. The zero-order valence-corrected chi connectivity index (χ0v) is 17.4. The van der Waals surface area contributed by atoms with E-state index in [4.69, 9.17) is 14.2 Å². The van der Waals surface area contributed by atoms with Crippen LogP contribution in [0.15, 0.2) is 36.4 Å². The maximum Gasteiger partial charge on any atom is 0.131 e. The highest BCUT2D eigenvalue weighted by molar-refractivity contribution is 5.70. The normalized spacial score (nSPS) is 13.1. The van der Waals surface area contributed by atoms with Crippen LogP contribution in [0.5, 0.6) is 5.75 Å². The van der Waals surface area contributed by atoms with Crippen molar-refractivity contribution in [2.45, 2.75) is 45.8 Å². The largest absolute Gasteiger partial charge is 0.497 e. The third kappa shape index (κ3) is 4.88. The molecule has 0 aromatic heterocycles. The Balaban J connectivity index is 2.70. The summed E-state index contributed by atoms with van der Waals surface area (Å²) in [6, 6.07) is 10.9. The van der Waals surface area contributed by atoms with Crippen LogP contribution in [-0.4, -0.2) is 26.9 Å². The molecule has 0 saturated heterocycles. The minimum absolute atomic E-state index is 0.293. The molecule has 1 atom stereocenters. The number of hydrogen-bond acceptors (Lipinski definition) is 3. The molecule has 0 spiro atoms. The van der Waals surface area contributed by atoms with Gasteiger partial charge in [0.2, 0.25) is 0 Å². The minimum Gasteiger partial charge on any atom is -0.497 e. The first-order chi connectivity index (χ1) is 12.7. The second-order valence-electron chi connectivity index (χ2n) is 7.79. The van der Waals surface area contributed by atoms with Crippen molar-refractivity contribution in [3.8, 4) is 16.9 Å². The lowest BCUT2D eigenvalue weighted by Crippen LogP contribution is -2.33. The lowest BCUT2D eigenvalue weighted by atomic mass is 9.86. The van der Waals surface area contributed by atoms with Crippen molar-refractivity contribution in [3.05, 3.63) is 53.3 Å². The van der Waals surface area contributed by atoms with Gasteiger partial charge < -0.3 is 14.2 Å². The predicted molar refractivity (Wildman–Crippen MR) is 108 cm³/mol. The second-order valence-corrected chi connectivity index (χ2v) is 7.79. The molecule has 0 radical (unpaired) electrons. The molecule has 3 nitrogen and oxygen atoms in total. The van der Waals surface area contributed by atoms with Crippen molar-refractivity contribution in [2.24, 2.45) is 5.92 Å². The molecule has 2 aromatic carbocycles. The molecular weight excluding hydrogens is 343 g/mol. The first-order valence-electron chi connectivity index (χ1n) is 9.28. The van der Waals surface area contributed by atoms with Gasteiger partial charge in [-0.1, -0.05) is 32.0 Å². The van der Waals surface area contributed by atoms with Gasteiger partial charge in [-0.3, -0.25) is 0 Å². The molecule has 0 N–H and O–H groups in total. The van der Waals surface area contributed by atoms with Crippen LogP contribution in [0.25, 0.3) is 11.1 Å². The molecule has 0 fully saturated rings. The van der Waals surface area contributed by atoms with Gasteiger partial charge in [-0.2, -0.15) is 0 Å². The zero-order valence-electron chi connectivity index (χ0n) is 17.4. The van der Waals surface area contributed by atoms with Crippen molar-refractivity contribution in [1.29, 1.82) is 0 Å². The molecule has 0 unspecified atom stereocenters. The van der Waals surface area contributed by atoms with Crippen LogP contribution in [0.1, 0.15) is 44.9 Å². The molecule has 0 saturated carbocycles. The lowest BCUT2D eigenvalue weighted by molar-refractivity contribution is -0.0967. The molecule has 2 rings (SSSR count). The molecule has 0 amide bonds. The summed E-state index contributed by atoms with van der Waals surface area (Å²) in [5.41, 5.74) is 2.82. The summed E-state index contributed by atoms with van der Waals surface area (Å²) in [5, 5.41) is 0. The molecule has 148 valence electrons. The predicted octanol–water partition coefficient (Wildman–Crippen LogP) is 5.81. The van der Waals surface area contributed by atoms with Gasteiger partial charge in [0.05, 0.1) is 12.7 Å². The fourth-order valence-corrected chi connectivity index (χ4v) is 3.40. The van der Waals surface area contributed by atoms with E-state index in [1.807, 2.05) is 19.9 Å². The third-order valence-corrected chi connectivity index (χ3v) is 4.90.